The van der Waals surface area contributed by atoms with E-state index in [0.717, 1.165) is 11.3 Å². The van der Waals surface area contributed by atoms with E-state index >= 15 is 0 Å². The zero-order valence-corrected chi connectivity index (χ0v) is 11.4. The van der Waals surface area contributed by atoms with Crippen LogP contribution in [-0.2, 0) is 0 Å². The summed E-state index contributed by atoms with van der Waals surface area (Å²) in [4.78, 5) is 12.0. The van der Waals surface area contributed by atoms with Gasteiger partial charge in [-0.1, -0.05) is 12.1 Å². The lowest BCUT2D eigenvalue weighted by atomic mass is 10.1. The second-order valence-corrected chi connectivity index (χ2v) is 4.42. The molecular weight excluding hydrogens is 266 g/mol. The SMILES string of the molecule is COc1cccc(C(C)NC(=O)c2ccoc2Cl)c1. The molecule has 0 fully saturated rings. The zero-order chi connectivity index (χ0) is 13.8. The van der Waals surface area contributed by atoms with Gasteiger partial charge < -0.3 is 14.5 Å². The molecule has 0 saturated heterocycles. The molecule has 1 N–H and O–H groups in total. The molecule has 100 valence electrons. The smallest absolute Gasteiger partial charge is 0.256 e. The molecule has 5 heteroatoms. The molecule has 1 aromatic heterocycles. The quantitative estimate of drug-likeness (QED) is 0.933. The van der Waals surface area contributed by atoms with Crippen molar-refractivity contribution >= 4 is 17.5 Å². The van der Waals surface area contributed by atoms with Crippen molar-refractivity contribution in [2.24, 2.45) is 0 Å². The number of nitrogens with one attached hydrogen (secondary N) is 1. The first-order valence-corrected chi connectivity index (χ1v) is 6.17. The maximum absolute atomic E-state index is 12.0. The van der Waals surface area contributed by atoms with Crippen LogP contribution in [0.15, 0.2) is 41.0 Å². The van der Waals surface area contributed by atoms with Gasteiger partial charge in [-0.15, -0.1) is 0 Å². The Hall–Kier alpha value is -1.94. The van der Waals surface area contributed by atoms with Crippen molar-refractivity contribution in [3.63, 3.8) is 0 Å². The monoisotopic (exact) mass is 279 g/mol. The predicted molar refractivity (Wildman–Crippen MR) is 72.6 cm³/mol. The number of halogens is 1. The summed E-state index contributed by atoms with van der Waals surface area (Å²) in [5.41, 5.74) is 1.28. The van der Waals surface area contributed by atoms with Crippen LogP contribution in [0.2, 0.25) is 5.22 Å². The number of furan rings is 1. The van der Waals surface area contributed by atoms with Gasteiger partial charge in [0.1, 0.15) is 5.75 Å². The van der Waals surface area contributed by atoms with Gasteiger partial charge in [0.25, 0.3) is 5.91 Å². The van der Waals surface area contributed by atoms with Crippen LogP contribution in [0.5, 0.6) is 5.75 Å². The fourth-order valence-corrected chi connectivity index (χ4v) is 1.92. The Labute approximate surface area is 116 Å². The Morgan fingerprint density at radius 3 is 2.84 bits per heavy atom. The lowest BCUT2D eigenvalue weighted by molar-refractivity contribution is 0.0939. The maximum Gasteiger partial charge on any atom is 0.256 e. The number of rotatable bonds is 4. The van der Waals surface area contributed by atoms with Gasteiger partial charge in [-0.3, -0.25) is 4.79 Å². The molecule has 1 unspecified atom stereocenters. The first-order valence-electron chi connectivity index (χ1n) is 5.79. The second-order valence-electron chi connectivity index (χ2n) is 4.08. The number of carbonyl (C=O) groups excluding carboxylic acids is 1. The molecule has 0 aliphatic heterocycles. The number of methoxy groups -OCH3 is 1. The lowest BCUT2D eigenvalue weighted by Crippen LogP contribution is -2.26. The van der Waals surface area contributed by atoms with Crippen LogP contribution in [0, 0.1) is 0 Å². The number of ether oxygens (including phenoxy) is 1. The van der Waals surface area contributed by atoms with Gasteiger partial charge in [0.2, 0.25) is 5.22 Å². The highest BCUT2D eigenvalue weighted by atomic mass is 35.5. The molecule has 0 radical (unpaired) electrons. The average Bonchev–Trinajstić information content (AvgIpc) is 2.85. The number of hydrogen-bond acceptors (Lipinski definition) is 3. The average molecular weight is 280 g/mol. The molecule has 1 heterocycles. The third-order valence-electron chi connectivity index (χ3n) is 2.80. The van der Waals surface area contributed by atoms with E-state index in [9.17, 15) is 4.79 Å². The molecule has 0 aliphatic rings. The van der Waals surface area contributed by atoms with Crippen molar-refractivity contribution in [3.8, 4) is 5.75 Å². The summed E-state index contributed by atoms with van der Waals surface area (Å²) in [6.45, 7) is 1.89. The van der Waals surface area contributed by atoms with Gasteiger partial charge in [0.15, 0.2) is 0 Å². The molecule has 2 rings (SSSR count). The van der Waals surface area contributed by atoms with Crippen molar-refractivity contribution in [1.82, 2.24) is 5.32 Å². The molecule has 19 heavy (non-hydrogen) atoms. The predicted octanol–water partition coefficient (Wildman–Crippen LogP) is 3.43. The fourth-order valence-electron chi connectivity index (χ4n) is 1.72. The van der Waals surface area contributed by atoms with Crippen LogP contribution in [0.25, 0.3) is 0 Å². The normalized spacial score (nSPS) is 11.9. The molecule has 1 amide bonds. The minimum absolute atomic E-state index is 0.0929. The Balaban J connectivity index is 2.10. The molecule has 2 aromatic rings. The Kier molecular flexibility index (Phi) is 4.12. The summed E-state index contributed by atoms with van der Waals surface area (Å²) in [6.07, 6.45) is 1.38. The van der Waals surface area contributed by atoms with E-state index in [-0.39, 0.29) is 17.2 Å². The highest BCUT2D eigenvalue weighted by Crippen LogP contribution is 2.21. The third-order valence-corrected chi connectivity index (χ3v) is 3.10. The van der Waals surface area contributed by atoms with E-state index in [0.29, 0.717) is 5.56 Å². The Morgan fingerprint density at radius 1 is 1.42 bits per heavy atom. The Bertz CT molecular complexity index is 580. The van der Waals surface area contributed by atoms with E-state index in [2.05, 4.69) is 5.32 Å². The summed E-state index contributed by atoms with van der Waals surface area (Å²) in [7, 11) is 1.60. The van der Waals surface area contributed by atoms with Gasteiger partial charge >= 0.3 is 0 Å². The van der Waals surface area contributed by atoms with E-state index in [1.165, 1.54) is 12.3 Å². The lowest BCUT2D eigenvalue weighted by Gasteiger charge is -2.14. The van der Waals surface area contributed by atoms with Gasteiger partial charge in [-0.25, -0.2) is 0 Å². The Morgan fingerprint density at radius 2 is 2.21 bits per heavy atom. The van der Waals surface area contributed by atoms with Crippen LogP contribution in [0.4, 0.5) is 0 Å². The first kappa shape index (κ1) is 13.5. The minimum Gasteiger partial charge on any atom is -0.497 e. The van der Waals surface area contributed by atoms with Gasteiger partial charge in [0.05, 0.1) is 25.0 Å². The van der Waals surface area contributed by atoms with Crippen LogP contribution >= 0.6 is 11.6 Å². The number of benzene rings is 1. The summed E-state index contributed by atoms with van der Waals surface area (Å²) < 4.78 is 10.0. The largest absolute Gasteiger partial charge is 0.497 e. The molecule has 1 aromatic carbocycles. The fraction of sp³-hybridized carbons (Fsp3) is 0.214. The zero-order valence-electron chi connectivity index (χ0n) is 10.6. The van der Waals surface area contributed by atoms with Crippen molar-refractivity contribution < 1.29 is 13.9 Å². The van der Waals surface area contributed by atoms with Gasteiger partial charge in [0, 0.05) is 0 Å². The molecule has 1 atom stereocenters. The van der Waals surface area contributed by atoms with Crippen molar-refractivity contribution in [2.75, 3.05) is 7.11 Å². The first-order chi connectivity index (χ1) is 9.11. The summed E-state index contributed by atoms with van der Waals surface area (Å²) >= 11 is 5.76. The highest BCUT2D eigenvalue weighted by molar-refractivity contribution is 6.32. The standard InChI is InChI=1S/C14H14ClNO3/c1-9(10-4-3-5-11(8-10)18-2)16-14(17)12-6-7-19-13(12)15/h3-9H,1-2H3,(H,16,17). The van der Waals surface area contributed by atoms with E-state index in [1.807, 2.05) is 31.2 Å². The molecule has 0 aliphatic carbocycles. The number of hydrogen-bond donors (Lipinski definition) is 1. The second kappa shape index (κ2) is 5.80. The summed E-state index contributed by atoms with van der Waals surface area (Å²) in [5, 5.41) is 2.94. The highest BCUT2D eigenvalue weighted by Gasteiger charge is 2.16. The molecule has 4 nitrogen and oxygen atoms in total. The molecule has 0 spiro atoms. The maximum atomic E-state index is 12.0. The summed E-state index contributed by atoms with van der Waals surface area (Å²) in [5.74, 6) is 0.481. The van der Waals surface area contributed by atoms with E-state index < -0.39 is 0 Å². The number of carbonyl (C=O) groups is 1. The molecular formula is C14H14ClNO3. The van der Waals surface area contributed by atoms with Crippen LogP contribution in [0.3, 0.4) is 0 Å². The van der Waals surface area contributed by atoms with E-state index in [1.54, 1.807) is 7.11 Å². The molecule has 0 bridgehead atoms. The van der Waals surface area contributed by atoms with E-state index in [4.69, 9.17) is 20.8 Å². The van der Waals surface area contributed by atoms with Crippen molar-refractivity contribution in [3.05, 3.63) is 52.9 Å². The van der Waals surface area contributed by atoms with Crippen LogP contribution in [-0.4, -0.2) is 13.0 Å². The van der Waals surface area contributed by atoms with Crippen LogP contribution in [0.1, 0.15) is 28.9 Å². The third kappa shape index (κ3) is 3.09. The minimum atomic E-state index is -0.269. The van der Waals surface area contributed by atoms with Crippen LogP contribution < -0.4 is 10.1 Å². The number of amides is 1. The van der Waals surface area contributed by atoms with Crippen molar-refractivity contribution in [1.29, 1.82) is 0 Å². The molecule has 0 saturated carbocycles. The van der Waals surface area contributed by atoms with Gasteiger partial charge in [-0.2, -0.15) is 0 Å². The van der Waals surface area contributed by atoms with Crippen molar-refractivity contribution in [2.45, 2.75) is 13.0 Å². The summed E-state index contributed by atoms with van der Waals surface area (Å²) in [6, 6.07) is 8.91. The topological polar surface area (TPSA) is 51.5 Å². The van der Waals surface area contributed by atoms with Gasteiger partial charge in [-0.05, 0) is 42.3 Å².